The predicted octanol–water partition coefficient (Wildman–Crippen LogP) is 1.22. The van der Waals surface area contributed by atoms with Gasteiger partial charge in [-0.2, -0.15) is 4.72 Å². The molecule has 1 aromatic rings. The van der Waals surface area contributed by atoms with Crippen LogP contribution in [0.5, 0.6) is 0 Å². The van der Waals surface area contributed by atoms with Gasteiger partial charge in [-0.25, -0.2) is 8.42 Å². The Balaban J connectivity index is 2.84. The van der Waals surface area contributed by atoms with E-state index < -0.39 is 16.1 Å². The normalized spacial score (nSPS) is 12.9. The molecule has 1 aromatic carbocycles. The van der Waals surface area contributed by atoms with E-state index in [0.717, 1.165) is 6.42 Å². The molecule has 0 saturated carbocycles. The number of halogens is 1. The Morgan fingerprint density at radius 2 is 2.10 bits per heavy atom. The second-order valence-corrected chi connectivity index (χ2v) is 6.89. The average Bonchev–Trinajstić information content (AvgIpc) is 2.38. The fraction of sp³-hybridized carbons (Fsp3) is 0.417. The van der Waals surface area contributed by atoms with Crippen molar-refractivity contribution >= 4 is 37.5 Å². The molecule has 0 fully saturated rings. The maximum atomic E-state index is 12.1. The van der Waals surface area contributed by atoms with Crippen molar-refractivity contribution in [3.8, 4) is 0 Å². The van der Waals surface area contributed by atoms with Crippen molar-refractivity contribution < 1.29 is 13.2 Å². The minimum atomic E-state index is -3.78. The molecule has 0 radical (unpaired) electrons. The summed E-state index contributed by atoms with van der Waals surface area (Å²) >= 11 is 3.19. The van der Waals surface area contributed by atoms with E-state index in [1.807, 2.05) is 6.92 Å². The number of nitrogens with one attached hydrogen (secondary N) is 2. The second-order valence-electron chi connectivity index (χ2n) is 4.32. The molecule has 1 unspecified atom stereocenters. The molecule has 4 N–H and O–H groups in total. The maximum absolute atomic E-state index is 12.1. The van der Waals surface area contributed by atoms with Gasteiger partial charge in [-0.15, -0.1) is 0 Å². The first-order valence-electron chi connectivity index (χ1n) is 6.13. The molecule has 1 amide bonds. The molecule has 1 rings (SSSR count). The summed E-state index contributed by atoms with van der Waals surface area (Å²) in [5.74, 6) is -0.361. The van der Waals surface area contributed by atoms with Gasteiger partial charge >= 0.3 is 0 Å². The van der Waals surface area contributed by atoms with Gasteiger partial charge in [0.25, 0.3) is 0 Å². The third-order valence-corrected chi connectivity index (χ3v) is 4.81. The molecule has 0 heterocycles. The molecular weight excluding hydrogens is 346 g/mol. The molecule has 0 aromatic heterocycles. The zero-order valence-electron chi connectivity index (χ0n) is 11.3. The number of sulfonamides is 1. The molecule has 112 valence electrons. The van der Waals surface area contributed by atoms with E-state index in [1.165, 1.54) is 19.1 Å². The molecule has 8 heteroatoms. The SMILES string of the molecule is CCCNC(=O)C(C)NS(=O)(=O)c1ccc(Br)c(N)c1. The molecule has 0 aliphatic rings. The lowest BCUT2D eigenvalue weighted by molar-refractivity contribution is -0.122. The van der Waals surface area contributed by atoms with E-state index in [9.17, 15) is 13.2 Å². The summed E-state index contributed by atoms with van der Waals surface area (Å²) in [4.78, 5) is 11.7. The predicted molar refractivity (Wildman–Crippen MR) is 81.6 cm³/mol. The standard InChI is InChI=1S/C12H18BrN3O3S/c1-3-6-15-12(17)8(2)16-20(18,19)9-4-5-10(13)11(14)7-9/h4-5,7-8,16H,3,6,14H2,1-2H3,(H,15,17). The molecule has 0 aliphatic carbocycles. The Labute approximate surface area is 127 Å². The molecule has 6 nitrogen and oxygen atoms in total. The smallest absolute Gasteiger partial charge is 0.241 e. The number of carbonyl (C=O) groups is 1. The second kappa shape index (κ2) is 7.05. The van der Waals surface area contributed by atoms with Crippen molar-refractivity contribution in [2.45, 2.75) is 31.2 Å². The highest BCUT2D eigenvalue weighted by Gasteiger charge is 2.22. The van der Waals surface area contributed by atoms with Gasteiger partial charge in [0, 0.05) is 16.7 Å². The molecule has 1 atom stereocenters. The summed E-state index contributed by atoms with van der Waals surface area (Å²) in [5.41, 5.74) is 5.97. The van der Waals surface area contributed by atoms with Gasteiger partial charge in [0.05, 0.1) is 10.9 Å². The van der Waals surface area contributed by atoms with E-state index in [0.29, 0.717) is 16.7 Å². The molecule has 20 heavy (non-hydrogen) atoms. The maximum Gasteiger partial charge on any atom is 0.241 e. The average molecular weight is 364 g/mol. The minimum absolute atomic E-state index is 0.0216. The number of benzene rings is 1. The number of anilines is 1. The van der Waals surface area contributed by atoms with Crippen molar-refractivity contribution in [2.24, 2.45) is 0 Å². The van der Waals surface area contributed by atoms with E-state index in [1.54, 1.807) is 6.07 Å². The lowest BCUT2D eigenvalue weighted by atomic mass is 10.3. The molecule has 0 aliphatic heterocycles. The number of hydrogen-bond acceptors (Lipinski definition) is 4. The largest absolute Gasteiger partial charge is 0.398 e. The number of rotatable bonds is 6. The Morgan fingerprint density at radius 1 is 1.45 bits per heavy atom. The number of nitrogen functional groups attached to an aromatic ring is 1. The van der Waals surface area contributed by atoms with E-state index >= 15 is 0 Å². The highest BCUT2D eigenvalue weighted by Crippen LogP contribution is 2.22. The fourth-order valence-corrected chi connectivity index (χ4v) is 2.93. The number of carbonyl (C=O) groups excluding carboxylic acids is 1. The Kier molecular flexibility index (Phi) is 5.97. The Hall–Kier alpha value is -1.12. The highest BCUT2D eigenvalue weighted by atomic mass is 79.9. The first-order valence-corrected chi connectivity index (χ1v) is 8.40. The summed E-state index contributed by atoms with van der Waals surface area (Å²) in [5, 5.41) is 2.63. The summed E-state index contributed by atoms with van der Waals surface area (Å²) < 4.78 is 27.2. The van der Waals surface area contributed by atoms with Crippen molar-refractivity contribution in [3.63, 3.8) is 0 Å². The minimum Gasteiger partial charge on any atom is -0.398 e. The summed E-state index contributed by atoms with van der Waals surface area (Å²) in [6.07, 6.45) is 0.786. The van der Waals surface area contributed by atoms with E-state index in [-0.39, 0.29) is 10.8 Å². The van der Waals surface area contributed by atoms with Gasteiger partial charge < -0.3 is 11.1 Å². The molecular formula is C12H18BrN3O3S. The van der Waals surface area contributed by atoms with Crippen LogP contribution in [-0.2, 0) is 14.8 Å². The van der Waals surface area contributed by atoms with Crippen molar-refractivity contribution in [3.05, 3.63) is 22.7 Å². The zero-order valence-corrected chi connectivity index (χ0v) is 13.7. The lowest BCUT2D eigenvalue weighted by Gasteiger charge is -2.14. The third kappa shape index (κ3) is 4.46. The Bertz CT molecular complexity index is 590. The van der Waals surface area contributed by atoms with E-state index in [4.69, 9.17) is 5.73 Å². The van der Waals surface area contributed by atoms with Crippen LogP contribution in [0.1, 0.15) is 20.3 Å². The van der Waals surface area contributed by atoms with Crippen LogP contribution in [0.3, 0.4) is 0 Å². The van der Waals surface area contributed by atoms with Crippen molar-refractivity contribution in [1.82, 2.24) is 10.0 Å². The summed E-state index contributed by atoms with van der Waals surface area (Å²) in [7, 11) is -3.78. The first kappa shape index (κ1) is 16.9. The van der Waals surface area contributed by atoms with Gasteiger partial charge in [-0.05, 0) is 47.5 Å². The fourth-order valence-electron chi connectivity index (χ4n) is 1.44. The topological polar surface area (TPSA) is 101 Å². The molecule has 0 spiro atoms. The molecule has 0 bridgehead atoms. The van der Waals surface area contributed by atoms with Gasteiger partial charge in [0.1, 0.15) is 0 Å². The van der Waals surface area contributed by atoms with Gasteiger partial charge in [0.15, 0.2) is 0 Å². The number of amides is 1. The highest BCUT2D eigenvalue weighted by molar-refractivity contribution is 9.10. The monoisotopic (exact) mass is 363 g/mol. The van der Waals surface area contributed by atoms with Crippen LogP contribution in [0.25, 0.3) is 0 Å². The first-order chi connectivity index (χ1) is 9.27. The number of nitrogens with two attached hydrogens (primary N) is 1. The van der Waals surface area contributed by atoms with E-state index in [2.05, 4.69) is 26.0 Å². The third-order valence-electron chi connectivity index (χ3n) is 2.55. The van der Waals surface area contributed by atoms with Gasteiger partial charge in [0.2, 0.25) is 15.9 Å². The quantitative estimate of drug-likeness (QED) is 0.661. The van der Waals surface area contributed by atoms with Crippen LogP contribution in [0.15, 0.2) is 27.6 Å². The zero-order chi connectivity index (χ0) is 15.3. The van der Waals surface area contributed by atoms with Crippen molar-refractivity contribution in [1.29, 1.82) is 0 Å². The molecule has 0 saturated heterocycles. The Morgan fingerprint density at radius 3 is 2.65 bits per heavy atom. The number of hydrogen-bond donors (Lipinski definition) is 3. The van der Waals surface area contributed by atoms with Crippen LogP contribution in [0, 0.1) is 0 Å². The van der Waals surface area contributed by atoms with Gasteiger partial charge in [-0.3, -0.25) is 4.79 Å². The van der Waals surface area contributed by atoms with Crippen molar-refractivity contribution in [2.75, 3.05) is 12.3 Å². The summed E-state index contributed by atoms with van der Waals surface area (Å²) in [6.45, 7) is 3.92. The van der Waals surface area contributed by atoms with Crippen LogP contribution in [-0.4, -0.2) is 26.9 Å². The van der Waals surface area contributed by atoms with Crippen LogP contribution in [0.4, 0.5) is 5.69 Å². The summed E-state index contributed by atoms with van der Waals surface area (Å²) in [6, 6.07) is 3.45. The van der Waals surface area contributed by atoms with Gasteiger partial charge in [-0.1, -0.05) is 6.92 Å². The van der Waals surface area contributed by atoms with Crippen LogP contribution in [0.2, 0.25) is 0 Å². The van der Waals surface area contributed by atoms with Crippen LogP contribution < -0.4 is 15.8 Å². The lowest BCUT2D eigenvalue weighted by Crippen LogP contribution is -2.44. The van der Waals surface area contributed by atoms with Crippen LogP contribution >= 0.6 is 15.9 Å².